The summed E-state index contributed by atoms with van der Waals surface area (Å²) < 4.78 is 27.2. The molecule has 2 rings (SSSR count). The molecular formula is C12H7Br2F2N3O3S. The van der Waals surface area contributed by atoms with Crippen LogP contribution in [-0.4, -0.2) is 33.6 Å². The average molecular weight is 471 g/mol. The maximum atomic E-state index is 13.8. The van der Waals surface area contributed by atoms with Crippen LogP contribution in [-0.2, 0) is 9.59 Å². The van der Waals surface area contributed by atoms with Crippen molar-refractivity contribution in [3.63, 3.8) is 0 Å². The van der Waals surface area contributed by atoms with E-state index in [0.29, 0.717) is 0 Å². The molecule has 122 valence electrons. The molecule has 1 atom stereocenters. The summed E-state index contributed by atoms with van der Waals surface area (Å²) in [6.45, 7) is 0. The first-order chi connectivity index (χ1) is 10.8. The molecule has 23 heavy (non-hydrogen) atoms. The van der Waals surface area contributed by atoms with E-state index in [1.165, 1.54) is 0 Å². The first-order valence-electron chi connectivity index (χ1n) is 5.93. The third kappa shape index (κ3) is 4.36. The van der Waals surface area contributed by atoms with Gasteiger partial charge in [-0.25, -0.2) is 8.78 Å². The van der Waals surface area contributed by atoms with Crippen molar-refractivity contribution in [3.05, 3.63) is 32.2 Å². The van der Waals surface area contributed by atoms with E-state index in [0.717, 1.165) is 24.0 Å². The summed E-state index contributed by atoms with van der Waals surface area (Å²) in [4.78, 5) is 22.1. The summed E-state index contributed by atoms with van der Waals surface area (Å²) >= 11 is 6.69. The number of amides is 1. The van der Waals surface area contributed by atoms with Gasteiger partial charge in [-0.1, -0.05) is 11.8 Å². The monoisotopic (exact) mass is 469 g/mol. The summed E-state index contributed by atoms with van der Waals surface area (Å²) in [6, 6.07) is 0.948. The lowest BCUT2D eigenvalue weighted by Gasteiger charge is -2.03. The number of carbonyl (C=O) groups is 2. The van der Waals surface area contributed by atoms with E-state index >= 15 is 0 Å². The molecule has 1 aliphatic heterocycles. The number of rotatable bonds is 4. The van der Waals surface area contributed by atoms with Crippen LogP contribution in [0.2, 0.25) is 0 Å². The summed E-state index contributed by atoms with van der Waals surface area (Å²) in [7, 11) is 0. The minimum Gasteiger partial charge on any atom is -0.481 e. The van der Waals surface area contributed by atoms with Crippen LogP contribution in [0.4, 0.5) is 8.78 Å². The number of thioether (sulfide) groups is 1. The predicted octanol–water partition coefficient (Wildman–Crippen LogP) is 2.89. The van der Waals surface area contributed by atoms with E-state index in [-0.39, 0.29) is 26.1 Å². The zero-order valence-corrected chi connectivity index (χ0v) is 15.0. The fourth-order valence-electron chi connectivity index (χ4n) is 1.58. The van der Waals surface area contributed by atoms with Crippen molar-refractivity contribution in [3.8, 4) is 0 Å². The number of aliphatic carboxylic acids is 1. The maximum absolute atomic E-state index is 13.8. The highest BCUT2D eigenvalue weighted by Crippen LogP contribution is 2.28. The van der Waals surface area contributed by atoms with Crippen LogP contribution >= 0.6 is 43.6 Å². The molecule has 0 saturated carbocycles. The SMILES string of the molecule is O=C(O)CC1SC(=NN=Cc2c(F)cc(Br)c(F)c2Br)NC1=O. The van der Waals surface area contributed by atoms with Crippen LogP contribution in [0.1, 0.15) is 12.0 Å². The van der Waals surface area contributed by atoms with Crippen molar-refractivity contribution in [2.24, 2.45) is 10.2 Å². The third-order valence-corrected chi connectivity index (χ3v) is 5.05. The molecule has 1 aromatic carbocycles. The topological polar surface area (TPSA) is 91.1 Å². The van der Waals surface area contributed by atoms with Gasteiger partial charge >= 0.3 is 5.97 Å². The molecule has 1 heterocycles. The summed E-state index contributed by atoms with van der Waals surface area (Å²) in [5.74, 6) is -3.02. The maximum Gasteiger partial charge on any atom is 0.305 e. The Bertz CT molecular complexity index is 743. The molecule has 1 saturated heterocycles. The lowest BCUT2D eigenvalue weighted by molar-refractivity contribution is -0.138. The molecule has 1 unspecified atom stereocenters. The number of amidine groups is 1. The van der Waals surface area contributed by atoms with Gasteiger partial charge in [0.1, 0.15) is 11.1 Å². The van der Waals surface area contributed by atoms with Crippen molar-refractivity contribution < 1.29 is 23.5 Å². The summed E-state index contributed by atoms with van der Waals surface area (Å²) in [5.41, 5.74) is -0.147. The molecule has 1 fully saturated rings. The zero-order valence-electron chi connectivity index (χ0n) is 11.0. The van der Waals surface area contributed by atoms with Gasteiger partial charge in [-0.05, 0) is 37.9 Å². The molecule has 6 nitrogen and oxygen atoms in total. The largest absolute Gasteiger partial charge is 0.481 e. The van der Waals surface area contributed by atoms with Crippen molar-refractivity contribution in [2.45, 2.75) is 11.7 Å². The van der Waals surface area contributed by atoms with E-state index < -0.39 is 28.8 Å². The van der Waals surface area contributed by atoms with Crippen LogP contribution in [0.3, 0.4) is 0 Å². The van der Waals surface area contributed by atoms with Gasteiger partial charge < -0.3 is 10.4 Å². The van der Waals surface area contributed by atoms with Gasteiger partial charge in [0.15, 0.2) is 11.0 Å². The van der Waals surface area contributed by atoms with E-state index in [9.17, 15) is 18.4 Å². The Morgan fingerprint density at radius 1 is 1.48 bits per heavy atom. The van der Waals surface area contributed by atoms with Gasteiger partial charge in [-0.3, -0.25) is 9.59 Å². The molecule has 0 bridgehead atoms. The fourth-order valence-corrected chi connectivity index (χ4v) is 3.67. The Balaban J connectivity index is 2.15. The predicted molar refractivity (Wildman–Crippen MR) is 88.6 cm³/mol. The first-order valence-corrected chi connectivity index (χ1v) is 8.39. The van der Waals surface area contributed by atoms with E-state index in [1.807, 2.05) is 0 Å². The van der Waals surface area contributed by atoms with E-state index in [1.54, 1.807) is 0 Å². The number of carboxylic acids is 1. The Kier molecular flexibility index (Phi) is 5.87. The molecule has 1 amide bonds. The molecule has 11 heteroatoms. The highest BCUT2D eigenvalue weighted by molar-refractivity contribution is 9.11. The van der Waals surface area contributed by atoms with Crippen LogP contribution < -0.4 is 5.32 Å². The van der Waals surface area contributed by atoms with Gasteiger partial charge in [0.2, 0.25) is 5.91 Å². The second kappa shape index (κ2) is 7.49. The number of carbonyl (C=O) groups excluding carboxylic acids is 1. The molecule has 2 N–H and O–H groups in total. The molecule has 0 spiro atoms. The third-order valence-electron chi connectivity index (χ3n) is 2.62. The van der Waals surface area contributed by atoms with Crippen molar-refractivity contribution in [1.82, 2.24) is 5.32 Å². The Hall–Kier alpha value is -1.33. The Labute approximate surface area is 149 Å². The number of carboxylic acid groups (broad SMARTS) is 1. The number of nitrogens with zero attached hydrogens (tertiary/aromatic N) is 2. The molecule has 1 aliphatic rings. The van der Waals surface area contributed by atoms with Gasteiger partial charge in [0, 0.05) is 5.56 Å². The minimum atomic E-state index is -1.11. The molecular weight excluding hydrogens is 464 g/mol. The van der Waals surface area contributed by atoms with E-state index in [4.69, 9.17) is 5.11 Å². The number of hydrogen-bond donors (Lipinski definition) is 2. The Morgan fingerprint density at radius 2 is 2.17 bits per heavy atom. The highest BCUT2D eigenvalue weighted by Gasteiger charge is 2.32. The molecule has 0 radical (unpaired) electrons. The fraction of sp³-hybridized carbons (Fsp3) is 0.167. The quantitative estimate of drug-likeness (QED) is 0.306. The second-order valence-electron chi connectivity index (χ2n) is 4.23. The highest BCUT2D eigenvalue weighted by atomic mass is 79.9. The molecule has 1 aromatic rings. The average Bonchev–Trinajstić information content (AvgIpc) is 2.80. The zero-order chi connectivity index (χ0) is 17.1. The summed E-state index contributed by atoms with van der Waals surface area (Å²) in [6.07, 6.45) is 0.635. The second-order valence-corrected chi connectivity index (χ2v) is 7.06. The van der Waals surface area contributed by atoms with E-state index in [2.05, 4.69) is 47.4 Å². The lowest BCUT2D eigenvalue weighted by Crippen LogP contribution is -2.26. The number of benzene rings is 1. The molecule has 0 aliphatic carbocycles. The number of halogens is 4. The van der Waals surface area contributed by atoms with Gasteiger partial charge in [-0.15, -0.1) is 5.10 Å². The first kappa shape index (κ1) is 18.0. The van der Waals surface area contributed by atoms with Crippen LogP contribution in [0.25, 0.3) is 0 Å². The summed E-state index contributed by atoms with van der Waals surface area (Å²) in [5, 5.41) is 17.6. The number of hydrogen-bond acceptors (Lipinski definition) is 5. The van der Waals surface area contributed by atoms with Gasteiger partial charge in [0.05, 0.1) is 21.6 Å². The Morgan fingerprint density at radius 3 is 2.83 bits per heavy atom. The smallest absolute Gasteiger partial charge is 0.305 e. The van der Waals surface area contributed by atoms with Gasteiger partial charge in [0.25, 0.3) is 0 Å². The standard InChI is InChI=1S/C12H7Br2F2N3O3S/c13-5-1-6(15)4(9(14)10(5)16)3-17-19-12-18-11(22)7(23-12)2-8(20)21/h1,3,7H,2H2,(H,20,21)(H,18,19,22). The van der Waals surface area contributed by atoms with Crippen molar-refractivity contribution >= 4 is 66.9 Å². The van der Waals surface area contributed by atoms with Crippen molar-refractivity contribution in [1.29, 1.82) is 0 Å². The van der Waals surface area contributed by atoms with Crippen LogP contribution in [0.5, 0.6) is 0 Å². The van der Waals surface area contributed by atoms with Crippen LogP contribution in [0, 0.1) is 11.6 Å². The van der Waals surface area contributed by atoms with Gasteiger partial charge in [-0.2, -0.15) is 5.10 Å². The van der Waals surface area contributed by atoms with Crippen molar-refractivity contribution in [2.75, 3.05) is 0 Å². The lowest BCUT2D eigenvalue weighted by atomic mass is 10.2. The van der Waals surface area contributed by atoms with Crippen LogP contribution in [0.15, 0.2) is 25.2 Å². The molecule has 0 aromatic heterocycles. The minimum absolute atomic E-state index is 0.0412. The normalized spacial score (nSPS) is 19.6. The number of nitrogens with one attached hydrogen (secondary N) is 1.